The first-order valence-electron chi connectivity index (χ1n) is 12.5. The fourth-order valence-corrected chi connectivity index (χ4v) is 6.85. The normalized spacial score (nSPS) is 15.6. The number of benzene rings is 5. The van der Waals surface area contributed by atoms with Crippen LogP contribution in [-0.4, -0.2) is 23.4 Å². The van der Waals surface area contributed by atoms with Crippen molar-refractivity contribution in [2.45, 2.75) is 10.8 Å². The lowest BCUT2D eigenvalue weighted by Crippen LogP contribution is -2.34. The Bertz CT molecular complexity index is 1420. The highest BCUT2D eigenvalue weighted by Gasteiger charge is 2.47. The SMILES string of the molecule is OCC1(c2cccc(C3(CO)c4ccccc4-c4ccccc43)c2)c2ccccc2-c2ccccc21. The molecule has 174 valence electrons. The molecule has 0 aromatic heterocycles. The van der Waals surface area contributed by atoms with Crippen molar-refractivity contribution in [1.29, 1.82) is 0 Å². The van der Waals surface area contributed by atoms with E-state index in [4.69, 9.17) is 0 Å². The monoisotopic (exact) mass is 466 g/mol. The maximum atomic E-state index is 11.1. The Morgan fingerprint density at radius 2 is 0.694 bits per heavy atom. The van der Waals surface area contributed by atoms with Crippen LogP contribution in [-0.2, 0) is 10.8 Å². The van der Waals surface area contributed by atoms with Gasteiger partial charge in [-0.2, -0.15) is 0 Å². The fraction of sp³-hybridized carbons (Fsp3) is 0.118. The van der Waals surface area contributed by atoms with Gasteiger partial charge in [0.1, 0.15) is 0 Å². The molecular formula is C34H26O2. The fourth-order valence-electron chi connectivity index (χ4n) is 6.85. The quantitative estimate of drug-likeness (QED) is 0.326. The highest BCUT2D eigenvalue weighted by molar-refractivity contribution is 5.85. The number of aliphatic hydroxyl groups excluding tert-OH is 2. The standard InChI is InChI=1S/C34H26O2/c35-21-33(29-16-5-1-12-25(29)26-13-2-6-17-30(26)33)23-10-9-11-24(20-23)34(22-36)31-18-7-3-14-27(31)28-15-4-8-19-32(28)34/h1-20,35-36H,21-22H2. The molecule has 0 radical (unpaired) electrons. The van der Waals surface area contributed by atoms with Gasteiger partial charge >= 0.3 is 0 Å². The summed E-state index contributed by atoms with van der Waals surface area (Å²) < 4.78 is 0. The lowest BCUT2D eigenvalue weighted by atomic mass is 9.69. The van der Waals surface area contributed by atoms with E-state index in [1.807, 2.05) is 0 Å². The van der Waals surface area contributed by atoms with Gasteiger partial charge < -0.3 is 10.2 Å². The van der Waals surface area contributed by atoms with E-state index in [2.05, 4.69) is 121 Å². The lowest BCUT2D eigenvalue weighted by molar-refractivity contribution is 0.242. The van der Waals surface area contributed by atoms with Crippen molar-refractivity contribution >= 4 is 0 Å². The highest BCUT2D eigenvalue weighted by atomic mass is 16.3. The Hall–Kier alpha value is -3.98. The second kappa shape index (κ2) is 7.76. The molecule has 7 rings (SSSR count). The molecular weight excluding hydrogens is 440 g/mol. The summed E-state index contributed by atoms with van der Waals surface area (Å²) in [6, 6.07) is 42.1. The number of rotatable bonds is 4. The summed E-state index contributed by atoms with van der Waals surface area (Å²) in [5, 5.41) is 22.2. The van der Waals surface area contributed by atoms with E-state index in [-0.39, 0.29) is 13.2 Å². The van der Waals surface area contributed by atoms with Gasteiger partial charge in [0.25, 0.3) is 0 Å². The summed E-state index contributed by atoms with van der Waals surface area (Å²) in [7, 11) is 0. The van der Waals surface area contributed by atoms with Crippen molar-refractivity contribution in [3.05, 3.63) is 155 Å². The van der Waals surface area contributed by atoms with Crippen LogP contribution in [0.15, 0.2) is 121 Å². The molecule has 0 unspecified atom stereocenters. The third-order valence-corrected chi connectivity index (χ3v) is 8.45. The van der Waals surface area contributed by atoms with E-state index in [1.54, 1.807) is 0 Å². The summed E-state index contributed by atoms with van der Waals surface area (Å²) in [6.07, 6.45) is 0. The van der Waals surface area contributed by atoms with Gasteiger partial charge in [0.2, 0.25) is 0 Å². The molecule has 5 aromatic rings. The predicted octanol–water partition coefficient (Wildman–Crippen LogP) is 6.30. The second-order valence-electron chi connectivity index (χ2n) is 9.89. The molecule has 36 heavy (non-hydrogen) atoms. The van der Waals surface area contributed by atoms with E-state index < -0.39 is 10.8 Å². The van der Waals surface area contributed by atoms with Gasteiger partial charge in [-0.05, 0) is 55.6 Å². The third kappa shape index (κ3) is 2.53. The summed E-state index contributed by atoms with van der Waals surface area (Å²) in [6.45, 7) is -0.0758. The molecule has 0 atom stereocenters. The minimum Gasteiger partial charge on any atom is -0.395 e. The first-order valence-corrected chi connectivity index (χ1v) is 12.5. The van der Waals surface area contributed by atoms with Gasteiger partial charge in [-0.15, -0.1) is 0 Å². The van der Waals surface area contributed by atoms with Crippen molar-refractivity contribution in [3.63, 3.8) is 0 Å². The predicted molar refractivity (Wildman–Crippen MR) is 144 cm³/mol. The Kier molecular flexibility index (Phi) is 4.59. The van der Waals surface area contributed by atoms with E-state index in [9.17, 15) is 10.2 Å². The smallest absolute Gasteiger partial charge is 0.0694 e. The molecule has 0 spiro atoms. The van der Waals surface area contributed by atoms with Gasteiger partial charge in [0, 0.05) is 0 Å². The average Bonchev–Trinajstić information content (AvgIpc) is 3.42. The average molecular weight is 467 g/mol. The van der Waals surface area contributed by atoms with Crippen molar-refractivity contribution in [3.8, 4) is 22.3 Å². The number of fused-ring (bicyclic) bond motifs is 6. The summed E-state index contributed by atoms with van der Waals surface area (Å²) in [4.78, 5) is 0. The van der Waals surface area contributed by atoms with E-state index in [1.165, 1.54) is 22.3 Å². The molecule has 2 aliphatic carbocycles. The van der Waals surface area contributed by atoms with Crippen LogP contribution in [0.1, 0.15) is 33.4 Å². The van der Waals surface area contributed by atoms with Gasteiger partial charge in [0.05, 0.1) is 24.0 Å². The molecule has 2 N–H and O–H groups in total. The van der Waals surface area contributed by atoms with Gasteiger partial charge in [-0.25, -0.2) is 0 Å². The first kappa shape index (κ1) is 21.3. The number of hydrogen-bond acceptors (Lipinski definition) is 2. The van der Waals surface area contributed by atoms with E-state index in [0.717, 1.165) is 33.4 Å². The molecule has 0 amide bonds. The van der Waals surface area contributed by atoms with Gasteiger partial charge in [0.15, 0.2) is 0 Å². The topological polar surface area (TPSA) is 40.5 Å². The zero-order chi connectivity index (χ0) is 24.3. The Morgan fingerprint density at radius 1 is 0.389 bits per heavy atom. The van der Waals surface area contributed by atoms with Crippen LogP contribution in [0, 0.1) is 0 Å². The van der Waals surface area contributed by atoms with Crippen LogP contribution in [0.5, 0.6) is 0 Å². The van der Waals surface area contributed by atoms with Gasteiger partial charge in [-0.3, -0.25) is 0 Å². The van der Waals surface area contributed by atoms with Crippen LogP contribution >= 0.6 is 0 Å². The van der Waals surface area contributed by atoms with Crippen molar-refractivity contribution < 1.29 is 10.2 Å². The maximum absolute atomic E-state index is 11.1. The molecule has 0 saturated heterocycles. The summed E-state index contributed by atoms with van der Waals surface area (Å²) >= 11 is 0. The van der Waals surface area contributed by atoms with Crippen LogP contribution in [0.2, 0.25) is 0 Å². The van der Waals surface area contributed by atoms with Crippen molar-refractivity contribution in [2.75, 3.05) is 13.2 Å². The first-order chi connectivity index (χ1) is 17.8. The Balaban J connectivity index is 1.52. The molecule has 0 fully saturated rings. The van der Waals surface area contributed by atoms with Crippen LogP contribution in [0.25, 0.3) is 22.3 Å². The summed E-state index contributed by atoms with van der Waals surface area (Å²) in [5.41, 5.74) is 9.89. The Morgan fingerprint density at radius 3 is 1.00 bits per heavy atom. The van der Waals surface area contributed by atoms with Crippen LogP contribution in [0.4, 0.5) is 0 Å². The zero-order valence-corrected chi connectivity index (χ0v) is 19.9. The minimum absolute atomic E-state index is 0.0379. The van der Waals surface area contributed by atoms with Crippen molar-refractivity contribution in [1.82, 2.24) is 0 Å². The van der Waals surface area contributed by atoms with E-state index >= 15 is 0 Å². The number of hydrogen-bond donors (Lipinski definition) is 2. The second-order valence-corrected chi connectivity index (χ2v) is 9.89. The molecule has 2 heteroatoms. The van der Waals surface area contributed by atoms with Crippen LogP contribution in [0.3, 0.4) is 0 Å². The molecule has 0 bridgehead atoms. The number of aliphatic hydroxyl groups is 2. The molecule has 0 saturated carbocycles. The Labute approximate surface area is 211 Å². The summed E-state index contributed by atoms with van der Waals surface area (Å²) in [5.74, 6) is 0. The molecule has 0 aliphatic heterocycles. The molecule has 0 heterocycles. The molecule has 2 nitrogen and oxygen atoms in total. The lowest BCUT2D eigenvalue weighted by Gasteiger charge is -2.35. The van der Waals surface area contributed by atoms with Crippen molar-refractivity contribution in [2.24, 2.45) is 0 Å². The minimum atomic E-state index is -0.669. The highest BCUT2D eigenvalue weighted by Crippen LogP contribution is 2.55. The van der Waals surface area contributed by atoms with E-state index in [0.29, 0.717) is 0 Å². The molecule has 2 aliphatic rings. The van der Waals surface area contributed by atoms with Gasteiger partial charge in [-0.1, -0.05) is 121 Å². The van der Waals surface area contributed by atoms with Crippen LogP contribution < -0.4 is 0 Å². The zero-order valence-electron chi connectivity index (χ0n) is 19.9. The largest absolute Gasteiger partial charge is 0.395 e. The maximum Gasteiger partial charge on any atom is 0.0694 e. The molecule has 5 aromatic carbocycles. The third-order valence-electron chi connectivity index (χ3n) is 8.45.